The highest BCUT2D eigenvalue weighted by Crippen LogP contribution is 2.17. The number of unbranched alkanes of at least 4 members (excludes halogenated alkanes) is 26. The maximum atomic E-state index is 13.2. The number of rotatable bonds is 48. The van der Waals surface area contributed by atoms with Crippen molar-refractivity contribution < 1.29 is 24.5 Å². The number of amides is 1. The van der Waals surface area contributed by atoms with Gasteiger partial charge in [-0.25, -0.2) is 0 Å². The Morgan fingerprint density at radius 1 is 0.460 bits per heavy atom. The maximum absolute atomic E-state index is 13.2. The summed E-state index contributed by atoms with van der Waals surface area (Å²) in [4.78, 5) is 26.2. The average Bonchev–Trinajstić information content (AvgIpc) is 3.28. The summed E-state index contributed by atoms with van der Waals surface area (Å²) in [5.74, 6) is -0.535. The highest BCUT2D eigenvalue weighted by Gasteiger charge is 2.24. The first kappa shape index (κ1) is 60.6. The number of hydrogen-bond acceptors (Lipinski definition) is 5. The van der Waals surface area contributed by atoms with Gasteiger partial charge in [-0.3, -0.25) is 9.59 Å². The standard InChI is InChI=1S/C57H103NO5/c1-4-7-10-13-16-19-22-25-27-28-30-31-33-36-39-42-45-48-53(63-57(62)50-47-44-41-38-35-24-21-18-15-12-9-6-3)51-56(61)58-54(52-59)55(60)49-46-43-40-37-34-32-29-26-23-20-17-14-11-8-5-2/h16,18-19,21,25,27,30-31,36,39,53-55,59-60H,4-15,17,20,22-24,26,28-29,32-35,37-38,40-52H2,1-3H3,(H,58,61)/b19-16-,21-18-,27-25-,31-30-,39-36-. The summed E-state index contributed by atoms with van der Waals surface area (Å²) in [6.07, 6.45) is 62.8. The van der Waals surface area contributed by atoms with E-state index in [2.05, 4.69) is 86.8 Å². The average molecular weight is 882 g/mol. The number of esters is 1. The summed E-state index contributed by atoms with van der Waals surface area (Å²) in [5, 5.41) is 23.8. The largest absolute Gasteiger partial charge is 0.462 e. The van der Waals surface area contributed by atoms with Crippen LogP contribution in [-0.2, 0) is 14.3 Å². The minimum absolute atomic E-state index is 0.0362. The molecule has 0 saturated carbocycles. The van der Waals surface area contributed by atoms with Crippen molar-refractivity contribution in [3.05, 3.63) is 60.8 Å². The van der Waals surface area contributed by atoms with Gasteiger partial charge in [-0.1, -0.05) is 223 Å². The van der Waals surface area contributed by atoms with Crippen LogP contribution < -0.4 is 5.32 Å². The predicted octanol–water partition coefficient (Wildman–Crippen LogP) is 16.4. The van der Waals surface area contributed by atoms with Crippen LogP contribution in [0.5, 0.6) is 0 Å². The van der Waals surface area contributed by atoms with E-state index in [1.165, 1.54) is 141 Å². The Bertz CT molecular complexity index is 1130. The Balaban J connectivity index is 4.66. The maximum Gasteiger partial charge on any atom is 0.306 e. The van der Waals surface area contributed by atoms with Gasteiger partial charge in [0, 0.05) is 6.42 Å². The van der Waals surface area contributed by atoms with E-state index in [-0.39, 0.29) is 24.9 Å². The molecule has 0 radical (unpaired) electrons. The zero-order valence-corrected chi connectivity index (χ0v) is 41.7. The molecule has 0 aromatic carbocycles. The van der Waals surface area contributed by atoms with Crippen LogP contribution in [0.4, 0.5) is 0 Å². The molecule has 0 aliphatic rings. The molecule has 6 heteroatoms. The molecule has 0 bridgehead atoms. The summed E-state index contributed by atoms with van der Waals surface area (Å²) >= 11 is 0. The molecule has 0 heterocycles. The molecule has 63 heavy (non-hydrogen) atoms. The second-order valence-electron chi connectivity index (χ2n) is 18.3. The van der Waals surface area contributed by atoms with E-state index in [4.69, 9.17) is 4.74 Å². The van der Waals surface area contributed by atoms with E-state index in [0.717, 1.165) is 77.0 Å². The number of aliphatic hydroxyl groups is 2. The monoisotopic (exact) mass is 882 g/mol. The Morgan fingerprint density at radius 2 is 0.825 bits per heavy atom. The topological polar surface area (TPSA) is 95.9 Å². The molecule has 0 fully saturated rings. The van der Waals surface area contributed by atoms with Gasteiger partial charge in [0.15, 0.2) is 0 Å². The van der Waals surface area contributed by atoms with E-state index in [9.17, 15) is 19.8 Å². The molecule has 0 spiro atoms. The fourth-order valence-corrected chi connectivity index (χ4v) is 7.94. The van der Waals surface area contributed by atoms with Gasteiger partial charge in [0.05, 0.1) is 25.2 Å². The summed E-state index contributed by atoms with van der Waals surface area (Å²) in [7, 11) is 0. The summed E-state index contributed by atoms with van der Waals surface area (Å²) in [6.45, 7) is 6.42. The molecule has 0 aliphatic heterocycles. The van der Waals surface area contributed by atoms with E-state index in [1.54, 1.807) is 0 Å². The molecule has 366 valence electrons. The normalized spacial score (nSPS) is 13.7. The second kappa shape index (κ2) is 50.6. The minimum Gasteiger partial charge on any atom is -0.462 e. The molecule has 3 atom stereocenters. The summed E-state index contributed by atoms with van der Waals surface area (Å²) in [6, 6.07) is -0.722. The lowest BCUT2D eigenvalue weighted by molar-refractivity contribution is -0.151. The summed E-state index contributed by atoms with van der Waals surface area (Å²) in [5.41, 5.74) is 0. The smallest absolute Gasteiger partial charge is 0.306 e. The van der Waals surface area contributed by atoms with Gasteiger partial charge >= 0.3 is 5.97 Å². The lowest BCUT2D eigenvalue weighted by atomic mass is 10.0. The van der Waals surface area contributed by atoms with Crippen molar-refractivity contribution in [3.63, 3.8) is 0 Å². The van der Waals surface area contributed by atoms with Crippen LogP contribution in [0.1, 0.15) is 265 Å². The van der Waals surface area contributed by atoms with Crippen molar-refractivity contribution in [2.45, 2.75) is 283 Å². The van der Waals surface area contributed by atoms with Crippen LogP contribution >= 0.6 is 0 Å². The fraction of sp³-hybridized carbons (Fsp3) is 0.789. The van der Waals surface area contributed by atoms with Gasteiger partial charge < -0.3 is 20.3 Å². The van der Waals surface area contributed by atoms with E-state index in [0.29, 0.717) is 19.3 Å². The Hall–Kier alpha value is -2.44. The highest BCUT2D eigenvalue weighted by atomic mass is 16.5. The molecular formula is C57H103NO5. The van der Waals surface area contributed by atoms with Crippen LogP contribution in [0, 0.1) is 0 Å². The third-order valence-corrected chi connectivity index (χ3v) is 12.1. The first-order chi connectivity index (χ1) is 31.0. The molecule has 0 rings (SSSR count). The highest BCUT2D eigenvalue weighted by molar-refractivity contribution is 5.77. The van der Waals surface area contributed by atoms with Crippen molar-refractivity contribution in [2.24, 2.45) is 0 Å². The molecule has 0 aromatic rings. The number of carbonyl (C=O) groups is 2. The van der Waals surface area contributed by atoms with Crippen molar-refractivity contribution in [3.8, 4) is 0 Å². The molecule has 3 unspecified atom stereocenters. The van der Waals surface area contributed by atoms with Gasteiger partial charge in [-0.15, -0.1) is 0 Å². The number of aliphatic hydroxyl groups excluding tert-OH is 2. The van der Waals surface area contributed by atoms with Crippen LogP contribution in [-0.4, -0.2) is 46.9 Å². The third-order valence-electron chi connectivity index (χ3n) is 12.1. The van der Waals surface area contributed by atoms with Crippen LogP contribution in [0.25, 0.3) is 0 Å². The van der Waals surface area contributed by atoms with Gasteiger partial charge in [0.1, 0.15) is 6.10 Å². The third kappa shape index (κ3) is 45.9. The first-order valence-electron chi connectivity index (χ1n) is 27.0. The van der Waals surface area contributed by atoms with E-state index >= 15 is 0 Å². The lowest BCUT2D eigenvalue weighted by Crippen LogP contribution is -2.46. The van der Waals surface area contributed by atoms with Gasteiger partial charge in [0.2, 0.25) is 5.91 Å². The van der Waals surface area contributed by atoms with E-state index < -0.39 is 18.2 Å². The molecular weight excluding hydrogens is 779 g/mol. The SMILES string of the molecule is CCCCC/C=C\C/C=C\C/C=C\C/C=C\CCCC(CC(=O)NC(CO)C(O)CCCCCCCCCCCCCCCCC)OC(=O)CCCCCCC/C=C\CCCCC. The summed E-state index contributed by atoms with van der Waals surface area (Å²) < 4.78 is 5.91. The Labute approximate surface area is 390 Å². The van der Waals surface area contributed by atoms with Crippen LogP contribution in [0.3, 0.4) is 0 Å². The van der Waals surface area contributed by atoms with Crippen LogP contribution in [0.15, 0.2) is 60.8 Å². The Morgan fingerprint density at radius 3 is 1.30 bits per heavy atom. The number of hydrogen-bond donors (Lipinski definition) is 3. The quantitative estimate of drug-likeness (QED) is 0.0321. The number of ether oxygens (including phenoxy) is 1. The lowest BCUT2D eigenvalue weighted by Gasteiger charge is -2.24. The number of carbonyl (C=O) groups excluding carboxylic acids is 2. The minimum atomic E-state index is -0.804. The fourth-order valence-electron chi connectivity index (χ4n) is 7.94. The Kier molecular flexibility index (Phi) is 48.6. The molecule has 0 aliphatic carbocycles. The van der Waals surface area contributed by atoms with Crippen molar-refractivity contribution in [1.29, 1.82) is 0 Å². The zero-order valence-electron chi connectivity index (χ0n) is 41.7. The molecule has 6 nitrogen and oxygen atoms in total. The molecule has 1 amide bonds. The van der Waals surface area contributed by atoms with Crippen molar-refractivity contribution in [2.75, 3.05) is 6.61 Å². The molecule has 0 aromatic heterocycles. The second-order valence-corrected chi connectivity index (χ2v) is 18.3. The van der Waals surface area contributed by atoms with Gasteiger partial charge in [0.25, 0.3) is 0 Å². The number of nitrogens with one attached hydrogen (secondary N) is 1. The molecule has 0 saturated heterocycles. The van der Waals surface area contributed by atoms with E-state index in [1.807, 2.05) is 0 Å². The van der Waals surface area contributed by atoms with Crippen molar-refractivity contribution in [1.82, 2.24) is 5.32 Å². The molecule has 3 N–H and O–H groups in total. The predicted molar refractivity (Wildman–Crippen MR) is 273 cm³/mol. The number of allylic oxidation sites excluding steroid dienone is 10. The first-order valence-corrected chi connectivity index (χ1v) is 27.0. The van der Waals surface area contributed by atoms with Gasteiger partial charge in [-0.05, 0) is 89.9 Å². The zero-order chi connectivity index (χ0) is 45.9. The van der Waals surface area contributed by atoms with Crippen LogP contribution in [0.2, 0.25) is 0 Å². The van der Waals surface area contributed by atoms with Crippen molar-refractivity contribution >= 4 is 11.9 Å². The van der Waals surface area contributed by atoms with Gasteiger partial charge in [-0.2, -0.15) is 0 Å².